The van der Waals surface area contributed by atoms with Crippen LogP contribution in [0.25, 0.3) is 34.2 Å². The Labute approximate surface area is 214 Å². The van der Waals surface area contributed by atoms with Crippen molar-refractivity contribution in [2.45, 2.75) is 20.8 Å². The molecule has 0 aliphatic carbocycles. The lowest BCUT2D eigenvalue weighted by molar-refractivity contribution is 0.736. The largest absolute Gasteiger partial charge is 0.383 e. The lowest BCUT2D eigenvalue weighted by Gasteiger charge is -2.28. The van der Waals surface area contributed by atoms with E-state index < -0.39 is 7.12 Å². The van der Waals surface area contributed by atoms with Crippen molar-refractivity contribution in [1.82, 2.24) is 44.0 Å². The van der Waals surface area contributed by atoms with Crippen LogP contribution in [0.5, 0.6) is 0 Å². The van der Waals surface area contributed by atoms with Gasteiger partial charge < -0.3 is 13.8 Å². The molecule has 0 aliphatic rings. The Morgan fingerprint density at radius 2 is 0.703 bits per heavy atom. The third kappa shape index (κ3) is 4.22. The van der Waals surface area contributed by atoms with Gasteiger partial charge in [-0.3, -0.25) is 0 Å². The van der Waals surface area contributed by atoms with Gasteiger partial charge in [0, 0.05) is 16.7 Å². The molecule has 0 atom stereocenters. The summed E-state index contributed by atoms with van der Waals surface area (Å²) >= 11 is 0. The maximum absolute atomic E-state index is 4.94. The van der Waals surface area contributed by atoms with Crippen molar-refractivity contribution < 1.29 is 0 Å². The summed E-state index contributed by atoms with van der Waals surface area (Å²) in [6.45, 7) is 5.86. The third-order valence-corrected chi connectivity index (χ3v) is 6.47. The van der Waals surface area contributed by atoms with E-state index in [1.807, 2.05) is 126 Å². The topological polar surface area (TPSA) is 92.1 Å². The van der Waals surface area contributed by atoms with Gasteiger partial charge in [-0.1, -0.05) is 91.0 Å². The maximum Gasteiger partial charge on any atom is 0.331 e. The van der Waals surface area contributed by atoms with Gasteiger partial charge in [-0.15, -0.1) is 0 Å². The van der Waals surface area contributed by atoms with E-state index in [0.717, 1.165) is 34.2 Å². The lowest BCUT2D eigenvalue weighted by atomic mass is 9.94. The van der Waals surface area contributed by atoms with E-state index >= 15 is 0 Å². The van der Waals surface area contributed by atoms with Gasteiger partial charge >= 0.3 is 7.12 Å². The van der Waals surface area contributed by atoms with E-state index in [-0.39, 0.29) is 0 Å². The van der Waals surface area contributed by atoms with Crippen LogP contribution in [0.15, 0.2) is 91.0 Å². The molecule has 0 aliphatic heterocycles. The van der Waals surface area contributed by atoms with Gasteiger partial charge in [0.15, 0.2) is 17.5 Å². The van der Waals surface area contributed by atoms with Gasteiger partial charge in [-0.25, -0.2) is 15.0 Å². The first-order chi connectivity index (χ1) is 18.1. The maximum atomic E-state index is 4.94. The summed E-state index contributed by atoms with van der Waals surface area (Å²) in [7, 11) is -1.74. The zero-order valence-corrected chi connectivity index (χ0v) is 20.9. The molecule has 3 heterocycles. The molecule has 0 fully saturated rings. The second-order valence-electron chi connectivity index (χ2n) is 8.97. The van der Waals surface area contributed by atoms with Crippen LogP contribution in [0, 0.1) is 20.8 Å². The summed E-state index contributed by atoms with van der Waals surface area (Å²) in [6, 6.07) is 29.9. The predicted molar refractivity (Wildman–Crippen MR) is 144 cm³/mol. The first kappa shape index (κ1) is 22.6. The van der Waals surface area contributed by atoms with Gasteiger partial charge in [0.2, 0.25) is 0 Å². The van der Waals surface area contributed by atoms with E-state index in [4.69, 9.17) is 30.2 Å². The first-order valence-corrected chi connectivity index (χ1v) is 12.2. The quantitative estimate of drug-likeness (QED) is 0.330. The lowest BCUT2D eigenvalue weighted by Crippen LogP contribution is -2.45. The molecule has 10 heteroatoms. The number of hydrogen-bond acceptors (Lipinski definition) is 6. The number of benzene rings is 3. The normalized spacial score (nSPS) is 11.4. The zero-order chi connectivity index (χ0) is 25.4. The van der Waals surface area contributed by atoms with E-state index in [1.54, 1.807) is 0 Å². The second kappa shape index (κ2) is 9.31. The van der Waals surface area contributed by atoms with E-state index in [2.05, 4.69) is 0 Å². The van der Waals surface area contributed by atoms with Crippen LogP contribution < -0.4 is 0 Å². The SMILES string of the molecule is Cc1nc(-c2ccccc2)nn1[BH-](n1nc(-c2ccccc2)nc1C)n1nc(-c2ccccc2)nc1C. The molecule has 3 aromatic heterocycles. The molecule has 0 saturated heterocycles. The third-order valence-electron chi connectivity index (χ3n) is 6.47. The number of rotatable bonds is 6. The highest BCUT2D eigenvalue weighted by atomic mass is 15.5. The zero-order valence-electron chi connectivity index (χ0n) is 20.9. The van der Waals surface area contributed by atoms with Crippen LogP contribution in [-0.4, -0.2) is 51.1 Å². The molecule has 6 rings (SSSR count). The Morgan fingerprint density at radius 1 is 0.432 bits per heavy atom. The Balaban J connectivity index is 1.53. The second-order valence-corrected chi connectivity index (χ2v) is 8.97. The van der Waals surface area contributed by atoms with Crippen LogP contribution in [0.1, 0.15) is 17.5 Å². The Kier molecular flexibility index (Phi) is 5.68. The average molecular weight is 486 g/mol. The summed E-state index contributed by atoms with van der Waals surface area (Å²) in [6.07, 6.45) is 0. The van der Waals surface area contributed by atoms with E-state index in [0.29, 0.717) is 17.5 Å². The highest BCUT2D eigenvalue weighted by Crippen LogP contribution is 2.20. The molecule has 6 aromatic rings. The first-order valence-electron chi connectivity index (χ1n) is 12.2. The molecule has 182 valence electrons. The van der Waals surface area contributed by atoms with Crippen molar-refractivity contribution in [3.05, 3.63) is 108 Å². The van der Waals surface area contributed by atoms with Crippen molar-refractivity contribution in [2.24, 2.45) is 0 Å². The van der Waals surface area contributed by atoms with Crippen molar-refractivity contribution >= 4 is 7.12 Å². The minimum absolute atomic E-state index is 0.651. The molecule has 0 radical (unpaired) electrons. The van der Waals surface area contributed by atoms with Crippen molar-refractivity contribution in [1.29, 1.82) is 0 Å². The van der Waals surface area contributed by atoms with E-state index in [9.17, 15) is 0 Å². The standard InChI is InChI=1S/C27H25BN9/c1-19-29-25(22-13-7-4-8-14-22)32-35(19)28(36-20(2)30-26(33-36)23-15-9-5-10-16-23)37-21(3)31-27(34-37)24-17-11-6-12-18-24/h4-18,28H,1-3H3/q-1. The molecule has 9 nitrogen and oxygen atoms in total. The van der Waals surface area contributed by atoms with Crippen LogP contribution in [0.2, 0.25) is 0 Å². The fourth-order valence-electron chi connectivity index (χ4n) is 4.57. The Hall–Kier alpha value is -4.86. The summed E-state index contributed by atoms with van der Waals surface area (Å²) in [5, 5.41) is 14.8. The number of hydrogen-bond donors (Lipinski definition) is 0. The van der Waals surface area contributed by atoms with Gasteiger partial charge in [0.25, 0.3) is 0 Å². The predicted octanol–water partition coefficient (Wildman–Crippen LogP) is 4.05. The van der Waals surface area contributed by atoms with Gasteiger partial charge in [0.05, 0.1) is 17.5 Å². The smallest absolute Gasteiger partial charge is 0.331 e. The van der Waals surface area contributed by atoms with Crippen molar-refractivity contribution in [3.63, 3.8) is 0 Å². The van der Waals surface area contributed by atoms with E-state index in [1.165, 1.54) is 0 Å². The molecule has 3 aromatic carbocycles. The van der Waals surface area contributed by atoms with Gasteiger partial charge in [-0.05, 0) is 20.8 Å². The van der Waals surface area contributed by atoms with Gasteiger partial charge in [0.1, 0.15) is 0 Å². The van der Waals surface area contributed by atoms with Crippen molar-refractivity contribution in [2.75, 3.05) is 0 Å². The van der Waals surface area contributed by atoms with Crippen LogP contribution in [-0.2, 0) is 0 Å². The van der Waals surface area contributed by atoms with Gasteiger partial charge in [-0.2, -0.15) is 15.3 Å². The Morgan fingerprint density at radius 3 is 0.973 bits per heavy atom. The summed E-state index contributed by atoms with van der Waals surface area (Å²) in [4.78, 5) is 14.4. The molecular formula is C27H25BN9-. The minimum atomic E-state index is -1.74. The summed E-state index contributed by atoms with van der Waals surface area (Å²) in [5.41, 5.74) is 2.84. The molecule has 0 saturated carbocycles. The highest BCUT2D eigenvalue weighted by molar-refractivity contribution is 6.53. The molecule has 0 bridgehead atoms. The molecule has 37 heavy (non-hydrogen) atoms. The molecule has 0 spiro atoms. The summed E-state index contributed by atoms with van der Waals surface area (Å²) < 4.78 is 5.74. The number of aryl methyl sites for hydroxylation is 3. The number of aromatic nitrogens is 9. The molecule has 0 unspecified atom stereocenters. The number of nitrogens with zero attached hydrogens (tertiary/aromatic N) is 9. The molecule has 0 N–H and O–H groups in total. The highest BCUT2D eigenvalue weighted by Gasteiger charge is 2.23. The Bertz CT molecular complexity index is 1460. The van der Waals surface area contributed by atoms with Crippen LogP contribution in [0.3, 0.4) is 0 Å². The minimum Gasteiger partial charge on any atom is -0.383 e. The van der Waals surface area contributed by atoms with Crippen LogP contribution in [0.4, 0.5) is 0 Å². The average Bonchev–Trinajstić information content (AvgIpc) is 3.64. The van der Waals surface area contributed by atoms with Crippen LogP contribution >= 0.6 is 0 Å². The summed E-state index contributed by atoms with van der Waals surface area (Å²) in [5.74, 6) is 4.22. The van der Waals surface area contributed by atoms with Crippen molar-refractivity contribution in [3.8, 4) is 34.2 Å². The fraction of sp³-hybridized carbons (Fsp3) is 0.111. The molecular weight excluding hydrogens is 461 g/mol. The molecule has 0 amide bonds. The fourth-order valence-corrected chi connectivity index (χ4v) is 4.57. The monoisotopic (exact) mass is 486 g/mol.